The van der Waals surface area contributed by atoms with Gasteiger partial charge in [0.1, 0.15) is 0 Å². The van der Waals surface area contributed by atoms with E-state index in [9.17, 15) is 13.2 Å². The van der Waals surface area contributed by atoms with Crippen LogP contribution in [0.2, 0.25) is 0 Å². The molecule has 0 fully saturated rings. The Labute approximate surface area is 147 Å². The average Bonchev–Trinajstić information content (AvgIpc) is 2.58. The van der Waals surface area contributed by atoms with E-state index in [4.69, 9.17) is 0 Å². The molecule has 0 heterocycles. The van der Waals surface area contributed by atoms with Crippen LogP contribution in [-0.4, -0.2) is 39.9 Å². The molecule has 0 spiro atoms. The lowest BCUT2D eigenvalue weighted by atomic mass is 10.2. The summed E-state index contributed by atoms with van der Waals surface area (Å²) in [6, 6.07) is 16.5. The van der Waals surface area contributed by atoms with Crippen LogP contribution in [-0.2, 0) is 10.0 Å². The minimum atomic E-state index is -3.30. The van der Waals surface area contributed by atoms with Crippen LogP contribution in [0.25, 0.3) is 0 Å². The maximum absolute atomic E-state index is 12.1. The van der Waals surface area contributed by atoms with Crippen molar-refractivity contribution in [3.8, 4) is 0 Å². The summed E-state index contributed by atoms with van der Waals surface area (Å²) < 4.78 is 24.1. The molecule has 1 N–H and O–H groups in total. The molecule has 128 valence electrons. The normalized spacial score (nSPS) is 11.1. The van der Waals surface area contributed by atoms with Gasteiger partial charge in [-0.2, -0.15) is 0 Å². The van der Waals surface area contributed by atoms with Crippen LogP contribution in [0.15, 0.2) is 59.5 Å². The van der Waals surface area contributed by atoms with Crippen LogP contribution in [0.1, 0.15) is 10.4 Å². The van der Waals surface area contributed by atoms with Gasteiger partial charge in [0, 0.05) is 29.8 Å². The minimum absolute atomic E-state index is 0.169. The Balaban J connectivity index is 1.84. The number of nitrogens with one attached hydrogen (secondary N) is 1. The van der Waals surface area contributed by atoms with Gasteiger partial charge >= 0.3 is 0 Å². The topological polar surface area (TPSA) is 66.5 Å². The number of thioether (sulfide) groups is 1. The third kappa shape index (κ3) is 5.28. The molecule has 0 atom stereocenters. The van der Waals surface area contributed by atoms with Gasteiger partial charge < -0.3 is 5.32 Å². The molecule has 0 unspecified atom stereocenters. The smallest absolute Gasteiger partial charge is 0.251 e. The first-order valence-corrected chi connectivity index (χ1v) is 10.2. The molecular formula is C17H20N2O3S2. The average molecular weight is 364 g/mol. The first kappa shape index (κ1) is 18.4. The summed E-state index contributed by atoms with van der Waals surface area (Å²) in [5.41, 5.74) is 1.03. The predicted molar refractivity (Wildman–Crippen MR) is 99.2 cm³/mol. The van der Waals surface area contributed by atoms with Crippen molar-refractivity contribution in [1.29, 1.82) is 0 Å². The first-order chi connectivity index (χ1) is 11.4. The molecule has 0 radical (unpaired) electrons. The molecule has 5 nitrogen and oxygen atoms in total. The summed E-state index contributed by atoms with van der Waals surface area (Å²) in [6.07, 6.45) is 1.14. The number of anilines is 1. The lowest BCUT2D eigenvalue weighted by molar-refractivity contribution is 0.0956. The second kappa shape index (κ2) is 8.21. The van der Waals surface area contributed by atoms with E-state index in [-0.39, 0.29) is 5.91 Å². The van der Waals surface area contributed by atoms with Crippen LogP contribution in [0.5, 0.6) is 0 Å². The Morgan fingerprint density at radius 1 is 1.08 bits per heavy atom. The standard InChI is InChI=1S/C17H20N2O3S2/c1-19(24(2,21)22)15-10-8-14(9-11-15)17(20)18-12-13-23-16-6-4-3-5-7-16/h3-11H,12-13H2,1-2H3,(H,18,20). The van der Waals surface area contributed by atoms with Crippen LogP contribution >= 0.6 is 11.8 Å². The number of hydrogen-bond acceptors (Lipinski definition) is 4. The van der Waals surface area contributed by atoms with Crippen molar-refractivity contribution in [3.63, 3.8) is 0 Å². The molecule has 1 amide bonds. The highest BCUT2D eigenvalue weighted by molar-refractivity contribution is 7.99. The fourth-order valence-electron chi connectivity index (χ4n) is 1.97. The van der Waals surface area contributed by atoms with Gasteiger partial charge in [0.15, 0.2) is 0 Å². The summed E-state index contributed by atoms with van der Waals surface area (Å²) in [5.74, 6) is 0.613. The van der Waals surface area contributed by atoms with E-state index in [0.717, 1.165) is 12.0 Å². The van der Waals surface area contributed by atoms with Crippen LogP contribution < -0.4 is 9.62 Å². The zero-order chi connectivity index (χ0) is 17.6. The molecule has 0 aliphatic carbocycles. The molecule has 0 saturated heterocycles. The third-order valence-corrected chi connectivity index (χ3v) is 5.61. The molecule has 0 aromatic heterocycles. The maximum atomic E-state index is 12.1. The SMILES string of the molecule is CN(c1ccc(C(=O)NCCSc2ccccc2)cc1)S(C)(=O)=O. The predicted octanol–water partition coefficient (Wildman–Crippen LogP) is 2.60. The zero-order valence-electron chi connectivity index (χ0n) is 13.6. The zero-order valence-corrected chi connectivity index (χ0v) is 15.2. The van der Waals surface area contributed by atoms with Crippen molar-refractivity contribution < 1.29 is 13.2 Å². The second-order valence-electron chi connectivity index (χ2n) is 5.19. The first-order valence-electron chi connectivity index (χ1n) is 7.38. The summed E-state index contributed by atoms with van der Waals surface area (Å²) in [6.45, 7) is 0.559. The quantitative estimate of drug-likeness (QED) is 0.606. The molecule has 0 saturated carbocycles. The van der Waals surface area contributed by atoms with Gasteiger partial charge in [0.25, 0.3) is 5.91 Å². The number of rotatable bonds is 7. The summed E-state index contributed by atoms with van der Waals surface area (Å²) in [5, 5.41) is 2.86. The summed E-state index contributed by atoms with van der Waals surface area (Å²) >= 11 is 1.68. The maximum Gasteiger partial charge on any atom is 0.251 e. The highest BCUT2D eigenvalue weighted by Gasteiger charge is 2.12. The minimum Gasteiger partial charge on any atom is -0.351 e. The molecule has 2 aromatic carbocycles. The van der Waals surface area contributed by atoms with Gasteiger partial charge in [-0.05, 0) is 36.4 Å². The van der Waals surface area contributed by atoms with Crippen molar-refractivity contribution in [3.05, 3.63) is 60.2 Å². The Morgan fingerprint density at radius 2 is 1.71 bits per heavy atom. The van der Waals surface area contributed by atoms with Crippen LogP contribution in [0.3, 0.4) is 0 Å². The van der Waals surface area contributed by atoms with Crippen molar-refractivity contribution in [2.75, 3.05) is 29.9 Å². The van der Waals surface area contributed by atoms with Crippen LogP contribution in [0, 0.1) is 0 Å². The van der Waals surface area contributed by atoms with E-state index in [1.807, 2.05) is 30.3 Å². The van der Waals surface area contributed by atoms with Crippen molar-refractivity contribution in [2.45, 2.75) is 4.90 Å². The number of hydrogen-bond donors (Lipinski definition) is 1. The molecule has 2 rings (SSSR count). The Kier molecular flexibility index (Phi) is 6.28. The number of amides is 1. The molecule has 2 aromatic rings. The van der Waals surface area contributed by atoms with Crippen molar-refractivity contribution >= 4 is 33.4 Å². The Hall–Kier alpha value is -1.99. The lowest BCUT2D eigenvalue weighted by Crippen LogP contribution is -2.26. The van der Waals surface area contributed by atoms with Gasteiger partial charge in [-0.15, -0.1) is 11.8 Å². The highest BCUT2D eigenvalue weighted by Crippen LogP contribution is 2.17. The molecule has 0 aliphatic rings. The van der Waals surface area contributed by atoms with Crippen LogP contribution in [0.4, 0.5) is 5.69 Å². The number of sulfonamides is 1. The molecule has 0 bridgehead atoms. The van der Waals surface area contributed by atoms with E-state index in [0.29, 0.717) is 17.8 Å². The lowest BCUT2D eigenvalue weighted by Gasteiger charge is -2.16. The van der Waals surface area contributed by atoms with E-state index < -0.39 is 10.0 Å². The third-order valence-electron chi connectivity index (χ3n) is 3.39. The Bertz CT molecular complexity index is 775. The van der Waals surface area contributed by atoms with E-state index >= 15 is 0 Å². The van der Waals surface area contributed by atoms with Gasteiger partial charge in [-0.1, -0.05) is 18.2 Å². The monoisotopic (exact) mass is 364 g/mol. The number of carbonyl (C=O) groups is 1. The summed E-state index contributed by atoms with van der Waals surface area (Å²) in [4.78, 5) is 13.2. The van der Waals surface area contributed by atoms with Gasteiger partial charge in [0.2, 0.25) is 10.0 Å². The number of benzene rings is 2. The molecule has 24 heavy (non-hydrogen) atoms. The van der Waals surface area contributed by atoms with E-state index in [2.05, 4.69) is 5.32 Å². The van der Waals surface area contributed by atoms with Gasteiger partial charge in [-0.25, -0.2) is 8.42 Å². The van der Waals surface area contributed by atoms with Crippen molar-refractivity contribution in [2.24, 2.45) is 0 Å². The van der Waals surface area contributed by atoms with Gasteiger partial charge in [-0.3, -0.25) is 9.10 Å². The fraction of sp³-hybridized carbons (Fsp3) is 0.235. The molecule has 7 heteroatoms. The molecular weight excluding hydrogens is 344 g/mol. The van der Waals surface area contributed by atoms with E-state index in [1.165, 1.54) is 16.2 Å². The fourth-order valence-corrected chi connectivity index (χ4v) is 3.26. The summed E-state index contributed by atoms with van der Waals surface area (Å²) in [7, 11) is -1.83. The molecule has 0 aliphatic heterocycles. The highest BCUT2D eigenvalue weighted by atomic mass is 32.2. The van der Waals surface area contributed by atoms with Gasteiger partial charge in [0.05, 0.1) is 11.9 Å². The largest absolute Gasteiger partial charge is 0.351 e. The van der Waals surface area contributed by atoms with E-state index in [1.54, 1.807) is 36.0 Å². The Morgan fingerprint density at radius 3 is 2.29 bits per heavy atom. The number of carbonyl (C=O) groups excluding carboxylic acids is 1. The second-order valence-corrected chi connectivity index (χ2v) is 8.38. The number of nitrogens with zero attached hydrogens (tertiary/aromatic N) is 1. The van der Waals surface area contributed by atoms with Crippen molar-refractivity contribution in [1.82, 2.24) is 5.32 Å².